The fraction of sp³-hybridized carbons (Fsp3) is 0.667. The van der Waals surface area contributed by atoms with Gasteiger partial charge in [0.25, 0.3) is 0 Å². The van der Waals surface area contributed by atoms with Gasteiger partial charge in [0.05, 0.1) is 0 Å². The molecule has 64 valence electrons. The molecule has 1 atom stereocenters. The van der Waals surface area contributed by atoms with Gasteiger partial charge in [-0.3, -0.25) is 9.59 Å². The number of carbonyl (C=O) groups is 2. The van der Waals surface area contributed by atoms with Crippen molar-refractivity contribution in [1.29, 1.82) is 0 Å². The summed E-state index contributed by atoms with van der Waals surface area (Å²) in [5.41, 5.74) is 0. The topological polar surface area (TPSA) is 74.6 Å². The van der Waals surface area contributed by atoms with E-state index >= 15 is 0 Å². The molecule has 1 unspecified atom stereocenters. The van der Waals surface area contributed by atoms with Crippen molar-refractivity contribution in [1.82, 2.24) is 0 Å². The van der Waals surface area contributed by atoms with Crippen LogP contribution in [0.15, 0.2) is 0 Å². The Balaban J connectivity index is 3.80. The van der Waals surface area contributed by atoms with E-state index in [-0.39, 0.29) is 6.42 Å². The Bertz CT molecular complexity index is 170. The Labute approximate surface area is 68.8 Å². The summed E-state index contributed by atoms with van der Waals surface area (Å²) < 4.78 is 0. The lowest BCUT2D eigenvalue weighted by Gasteiger charge is -2.11. The van der Waals surface area contributed by atoms with E-state index in [0.717, 1.165) is 0 Å². The van der Waals surface area contributed by atoms with Crippen LogP contribution in [0, 0.1) is 0 Å². The molecule has 0 aromatic heterocycles. The maximum atomic E-state index is 10.6. The van der Waals surface area contributed by atoms with E-state index in [1.807, 2.05) is 0 Å². The van der Waals surface area contributed by atoms with Gasteiger partial charge in [-0.25, -0.2) is 0 Å². The van der Waals surface area contributed by atoms with Gasteiger partial charge in [-0.2, -0.15) is 0 Å². The molecule has 2 N–H and O–H groups in total. The number of aliphatic hydroxyl groups is 1. The summed E-state index contributed by atoms with van der Waals surface area (Å²) in [6, 6.07) is 0. The lowest BCUT2D eigenvalue weighted by atomic mass is 10.1. The van der Waals surface area contributed by atoms with Gasteiger partial charge in [0.15, 0.2) is 0 Å². The number of Topliss-reactive ketones (excluding diaryl/α,β-unsaturated/α-hetero) is 1. The van der Waals surface area contributed by atoms with Crippen LogP contribution in [0.1, 0.15) is 19.8 Å². The molecule has 4 nitrogen and oxygen atoms in total. The molecule has 0 heterocycles. The molecule has 0 bridgehead atoms. The fourth-order valence-corrected chi connectivity index (χ4v) is 0.740. The Hall–Kier alpha value is -0.610. The third-order valence-electron chi connectivity index (χ3n) is 0.868. The molecule has 11 heavy (non-hydrogen) atoms. The van der Waals surface area contributed by atoms with Crippen LogP contribution in [0.2, 0.25) is 0 Å². The van der Waals surface area contributed by atoms with Gasteiger partial charge in [0, 0.05) is 6.42 Å². The number of ketones is 1. The van der Waals surface area contributed by atoms with Gasteiger partial charge in [0.1, 0.15) is 17.3 Å². The lowest BCUT2D eigenvalue weighted by molar-refractivity contribution is -0.140. The maximum absolute atomic E-state index is 10.6. The molecule has 0 aliphatic carbocycles. The summed E-state index contributed by atoms with van der Waals surface area (Å²) in [6.07, 6.45) is -0.941. The SMILES string of the molecule is CC(O)(Cl)CC(=O)CC(=O)O. The highest BCUT2D eigenvalue weighted by Gasteiger charge is 2.21. The summed E-state index contributed by atoms with van der Waals surface area (Å²) in [5, 5.41) is 15.4. The smallest absolute Gasteiger partial charge is 0.310 e. The van der Waals surface area contributed by atoms with Gasteiger partial charge in [0.2, 0.25) is 0 Å². The molecule has 0 amide bonds. The van der Waals surface area contributed by atoms with E-state index in [1.165, 1.54) is 6.92 Å². The molecule has 0 fully saturated rings. The number of hydrogen-bond donors (Lipinski definition) is 2. The molecule has 0 spiro atoms. The van der Waals surface area contributed by atoms with Crippen molar-refractivity contribution in [2.45, 2.75) is 24.8 Å². The first-order valence-corrected chi connectivity index (χ1v) is 3.34. The number of rotatable bonds is 4. The van der Waals surface area contributed by atoms with Crippen LogP contribution in [0.4, 0.5) is 0 Å². The average Bonchev–Trinajstić information content (AvgIpc) is 1.53. The number of carboxylic acids is 1. The third-order valence-corrected chi connectivity index (χ3v) is 1.00. The summed E-state index contributed by atoms with van der Waals surface area (Å²) in [5.74, 6) is -1.80. The molecule has 0 saturated heterocycles. The van der Waals surface area contributed by atoms with Crippen molar-refractivity contribution < 1.29 is 19.8 Å². The number of hydrogen-bond acceptors (Lipinski definition) is 3. The molecule has 5 heteroatoms. The van der Waals surface area contributed by atoms with Crippen molar-refractivity contribution in [3.05, 3.63) is 0 Å². The largest absolute Gasteiger partial charge is 0.481 e. The zero-order chi connectivity index (χ0) is 9.07. The van der Waals surface area contributed by atoms with Crippen LogP contribution in [0.3, 0.4) is 0 Å². The molecule has 0 rings (SSSR count). The standard InChI is InChI=1S/C6H9ClO4/c1-6(7,11)3-4(8)2-5(9)10/h11H,2-3H2,1H3,(H,9,10). The minimum atomic E-state index is -1.63. The van der Waals surface area contributed by atoms with Gasteiger partial charge in [-0.05, 0) is 6.92 Å². The minimum absolute atomic E-state index is 0.346. The zero-order valence-corrected chi connectivity index (χ0v) is 6.76. The first-order valence-electron chi connectivity index (χ1n) is 2.96. The minimum Gasteiger partial charge on any atom is -0.481 e. The molecule has 0 aromatic carbocycles. The van der Waals surface area contributed by atoms with Crippen molar-refractivity contribution >= 4 is 23.4 Å². The average molecular weight is 181 g/mol. The van der Waals surface area contributed by atoms with Crippen LogP contribution < -0.4 is 0 Å². The lowest BCUT2D eigenvalue weighted by Crippen LogP contribution is -2.21. The molecular formula is C6H9ClO4. The molecule has 0 aliphatic rings. The Morgan fingerprint density at radius 3 is 2.27 bits per heavy atom. The van der Waals surface area contributed by atoms with Crippen LogP contribution in [0.5, 0.6) is 0 Å². The van der Waals surface area contributed by atoms with Gasteiger partial charge in [-0.1, -0.05) is 11.6 Å². The first kappa shape index (κ1) is 10.4. The summed E-state index contributed by atoms with van der Waals surface area (Å²) >= 11 is 5.25. The van der Waals surface area contributed by atoms with Crippen LogP contribution >= 0.6 is 11.6 Å². The Morgan fingerprint density at radius 2 is 2.00 bits per heavy atom. The van der Waals surface area contributed by atoms with Crippen LogP contribution in [-0.2, 0) is 9.59 Å². The fourth-order valence-electron chi connectivity index (χ4n) is 0.591. The summed E-state index contributed by atoms with van der Waals surface area (Å²) in [7, 11) is 0. The number of aliphatic carboxylic acids is 1. The van der Waals surface area contributed by atoms with Crippen molar-refractivity contribution in [3.63, 3.8) is 0 Å². The zero-order valence-electron chi connectivity index (χ0n) is 6.00. The van der Waals surface area contributed by atoms with Crippen molar-refractivity contribution in [2.75, 3.05) is 0 Å². The quantitative estimate of drug-likeness (QED) is 0.484. The van der Waals surface area contributed by atoms with E-state index in [0.29, 0.717) is 0 Å². The van der Waals surface area contributed by atoms with Crippen molar-refractivity contribution in [3.8, 4) is 0 Å². The van der Waals surface area contributed by atoms with Crippen molar-refractivity contribution in [2.24, 2.45) is 0 Å². The molecular weight excluding hydrogens is 172 g/mol. The van der Waals surface area contributed by atoms with Gasteiger partial charge >= 0.3 is 5.97 Å². The second kappa shape index (κ2) is 3.69. The Kier molecular flexibility index (Phi) is 3.48. The second-order valence-corrected chi connectivity index (χ2v) is 3.24. The van der Waals surface area contributed by atoms with E-state index in [9.17, 15) is 9.59 Å². The van der Waals surface area contributed by atoms with E-state index in [2.05, 4.69) is 0 Å². The molecule has 0 radical (unpaired) electrons. The number of carboxylic acid groups (broad SMARTS) is 1. The molecule has 0 aliphatic heterocycles. The normalized spacial score (nSPS) is 15.5. The highest BCUT2D eigenvalue weighted by atomic mass is 35.5. The maximum Gasteiger partial charge on any atom is 0.310 e. The Morgan fingerprint density at radius 1 is 1.55 bits per heavy atom. The molecule has 0 aromatic rings. The monoisotopic (exact) mass is 180 g/mol. The van der Waals surface area contributed by atoms with E-state index < -0.39 is 23.2 Å². The van der Waals surface area contributed by atoms with Gasteiger partial charge < -0.3 is 10.2 Å². The van der Waals surface area contributed by atoms with Gasteiger partial charge in [-0.15, -0.1) is 0 Å². The number of carbonyl (C=O) groups excluding carboxylic acids is 1. The second-order valence-electron chi connectivity index (χ2n) is 2.43. The van der Waals surface area contributed by atoms with Crippen LogP contribution in [-0.4, -0.2) is 27.0 Å². The predicted molar refractivity (Wildman–Crippen MR) is 38.4 cm³/mol. The molecule has 0 saturated carbocycles. The highest BCUT2D eigenvalue weighted by Crippen LogP contribution is 2.15. The first-order chi connectivity index (χ1) is 4.81. The van der Waals surface area contributed by atoms with E-state index in [1.54, 1.807) is 0 Å². The number of alkyl halides is 1. The third kappa shape index (κ3) is 7.29. The summed E-state index contributed by atoms with van der Waals surface area (Å²) in [4.78, 5) is 20.6. The number of halogens is 1. The van der Waals surface area contributed by atoms with Crippen LogP contribution in [0.25, 0.3) is 0 Å². The summed E-state index contributed by atoms with van der Waals surface area (Å²) in [6.45, 7) is 1.23. The predicted octanol–water partition coefficient (Wildman–Crippen LogP) is 0.368. The highest BCUT2D eigenvalue weighted by molar-refractivity contribution is 6.23. The van der Waals surface area contributed by atoms with E-state index in [4.69, 9.17) is 21.8 Å².